The molecule has 0 fully saturated rings. The normalized spacial score (nSPS) is 11.0. The van der Waals surface area contributed by atoms with E-state index in [9.17, 15) is 0 Å². The van der Waals surface area contributed by atoms with E-state index in [0.29, 0.717) is 13.2 Å². The lowest BCUT2D eigenvalue weighted by Gasteiger charge is -2.12. The highest BCUT2D eigenvalue weighted by Gasteiger charge is 2.18. The average Bonchev–Trinajstić information content (AvgIpc) is 3.20. The summed E-state index contributed by atoms with van der Waals surface area (Å²) in [5.74, 6) is 2.45. The van der Waals surface area contributed by atoms with Crippen molar-refractivity contribution in [3.8, 4) is 28.5 Å². The highest BCUT2D eigenvalue weighted by atomic mass is 16.5. The van der Waals surface area contributed by atoms with Crippen LogP contribution in [0.2, 0.25) is 0 Å². The van der Waals surface area contributed by atoms with Crippen molar-refractivity contribution in [1.29, 1.82) is 0 Å². The van der Waals surface area contributed by atoms with E-state index in [1.54, 1.807) is 14.2 Å². The summed E-state index contributed by atoms with van der Waals surface area (Å²) in [6.45, 7) is 1.22. The van der Waals surface area contributed by atoms with E-state index in [1.165, 1.54) is 5.56 Å². The maximum absolute atomic E-state index is 6.10. The predicted octanol–water partition coefficient (Wildman–Crippen LogP) is 5.71. The van der Waals surface area contributed by atoms with E-state index < -0.39 is 0 Å². The minimum absolute atomic E-state index is 0.538. The number of rotatable bonds is 10. The van der Waals surface area contributed by atoms with Crippen LogP contribution in [0.15, 0.2) is 66.7 Å². The number of aromatic amines is 1. The maximum atomic E-state index is 6.10. The van der Waals surface area contributed by atoms with Crippen LogP contribution in [0.5, 0.6) is 17.2 Å². The third-order valence-electron chi connectivity index (χ3n) is 5.68. The molecule has 1 aromatic heterocycles. The van der Waals surface area contributed by atoms with Crippen LogP contribution in [0.3, 0.4) is 0 Å². The van der Waals surface area contributed by atoms with Crippen molar-refractivity contribution >= 4 is 10.9 Å². The Morgan fingerprint density at radius 2 is 1.66 bits per heavy atom. The zero-order valence-electron chi connectivity index (χ0n) is 18.7. The number of hydrogen-bond donors (Lipinski definition) is 2. The first kappa shape index (κ1) is 21.8. The molecule has 3 N–H and O–H groups in total. The largest absolute Gasteiger partial charge is 0.497 e. The van der Waals surface area contributed by atoms with Crippen molar-refractivity contribution < 1.29 is 14.2 Å². The summed E-state index contributed by atoms with van der Waals surface area (Å²) in [4.78, 5) is 3.61. The Balaban J connectivity index is 1.75. The second-order valence-corrected chi connectivity index (χ2v) is 7.77. The molecule has 0 spiro atoms. The first-order chi connectivity index (χ1) is 15.7. The Bertz CT molecular complexity index is 1170. The summed E-state index contributed by atoms with van der Waals surface area (Å²) in [6, 6.07) is 22.3. The van der Waals surface area contributed by atoms with Gasteiger partial charge in [0.1, 0.15) is 23.9 Å². The molecular formula is C27H30N2O3. The highest BCUT2D eigenvalue weighted by molar-refractivity contribution is 5.93. The predicted molar refractivity (Wildman–Crippen MR) is 130 cm³/mol. The number of benzene rings is 3. The highest BCUT2D eigenvalue weighted by Crippen LogP contribution is 2.39. The van der Waals surface area contributed by atoms with Gasteiger partial charge in [0.15, 0.2) is 0 Å². The standard InChI is InChI=1S/C27H30N2O3/c1-30-20-12-14-26(31-2)24(16-20)27-22(10-6-7-15-28)23-17-21(11-13-25(23)29-27)32-18-19-8-4-3-5-9-19/h3-5,8-9,11-14,16-17,29H,6-7,10,15,18,28H2,1-2H3. The first-order valence-electron chi connectivity index (χ1n) is 11.0. The number of unbranched alkanes of at least 4 members (excludes halogenated alkanes) is 1. The van der Waals surface area contributed by atoms with Gasteiger partial charge in [-0.15, -0.1) is 0 Å². The summed E-state index contributed by atoms with van der Waals surface area (Å²) in [7, 11) is 3.37. The van der Waals surface area contributed by atoms with Gasteiger partial charge in [0.2, 0.25) is 0 Å². The molecule has 1 heterocycles. The number of nitrogens with one attached hydrogen (secondary N) is 1. The monoisotopic (exact) mass is 430 g/mol. The molecular weight excluding hydrogens is 400 g/mol. The smallest absolute Gasteiger partial charge is 0.128 e. The number of aryl methyl sites for hydroxylation is 1. The zero-order valence-corrected chi connectivity index (χ0v) is 18.7. The Kier molecular flexibility index (Phi) is 6.97. The molecule has 166 valence electrons. The number of aromatic nitrogens is 1. The maximum Gasteiger partial charge on any atom is 0.128 e. The molecule has 0 aliphatic heterocycles. The van der Waals surface area contributed by atoms with Gasteiger partial charge in [-0.25, -0.2) is 0 Å². The lowest BCUT2D eigenvalue weighted by molar-refractivity contribution is 0.306. The first-order valence-corrected chi connectivity index (χ1v) is 11.0. The van der Waals surface area contributed by atoms with Crippen LogP contribution in [0.4, 0.5) is 0 Å². The number of methoxy groups -OCH3 is 2. The quantitative estimate of drug-likeness (QED) is 0.316. The van der Waals surface area contributed by atoms with Crippen molar-refractivity contribution in [2.24, 2.45) is 5.73 Å². The average molecular weight is 431 g/mol. The van der Waals surface area contributed by atoms with Gasteiger partial charge in [-0.3, -0.25) is 0 Å². The van der Waals surface area contributed by atoms with Gasteiger partial charge in [-0.1, -0.05) is 30.3 Å². The van der Waals surface area contributed by atoms with E-state index in [2.05, 4.69) is 29.2 Å². The van der Waals surface area contributed by atoms with Crippen molar-refractivity contribution in [1.82, 2.24) is 4.98 Å². The molecule has 0 aliphatic carbocycles. The van der Waals surface area contributed by atoms with Gasteiger partial charge in [-0.2, -0.15) is 0 Å². The fourth-order valence-corrected chi connectivity index (χ4v) is 4.00. The Labute approximate surface area is 189 Å². The van der Waals surface area contributed by atoms with Crippen molar-refractivity contribution in [3.63, 3.8) is 0 Å². The minimum Gasteiger partial charge on any atom is -0.497 e. The second kappa shape index (κ2) is 10.2. The third-order valence-corrected chi connectivity index (χ3v) is 5.68. The van der Waals surface area contributed by atoms with E-state index in [0.717, 1.165) is 64.2 Å². The molecule has 0 saturated heterocycles. The molecule has 32 heavy (non-hydrogen) atoms. The van der Waals surface area contributed by atoms with E-state index >= 15 is 0 Å². The van der Waals surface area contributed by atoms with Gasteiger partial charge in [0.25, 0.3) is 0 Å². The van der Waals surface area contributed by atoms with Crippen LogP contribution < -0.4 is 19.9 Å². The van der Waals surface area contributed by atoms with Crippen LogP contribution in [0.1, 0.15) is 24.0 Å². The molecule has 5 heteroatoms. The molecule has 0 amide bonds. The molecule has 3 aromatic carbocycles. The summed E-state index contributed by atoms with van der Waals surface area (Å²) in [5.41, 5.74) is 11.3. The second-order valence-electron chi connectivity index (χ2n) is 7.77. The van der Waals surface area contributed by atoms with Gasteiger partial charge < -0.3 is 24.9 Å². The van der Waals surface area contributed by atoms with E-state index in [4.69, 9.17) is 19.9 Å². The lowest BCUT2D eigenvalue weighted by atomic mass is 9.99. The molecule has 0 saturated carbocycles. The Morgan fingerprint density at radius 1 is 0.844 bits per heavy atom. The number of hydrogen-bond acceptors (Lipinski definition) is 4. The van der Waals surface area contributed by atoms with Crippen molar-refractivity contribution in [2.75, 3.05) is 20.8 Å². The molecule has 4 rings (SSSR count). The van der Waals surface area contributed by atoms with Crippen LogP contribution in [0.25, 0.3) is 22.2 Å². The van der Waals surface area contributed by atoms with Gasteiger partial charge in [0.05, 0.1) is 19.9 Å². The number of fused-ring (bicyclic) bond motifs is 1. The van der Waals surface area contributed by atoms with Gasteiger partial charge >= 0.3 is 0 Å². The van der Waals surface area contributed by atoms with E-state index in [1.807, 2.05) is 42.5 Å². The molecule has 0 aliphatic rings. The minimum atomic E-state index is 0.538. The third kappa shape index (κ3) is 4.73. The van der Waals surface area contributed by atoms with Crippen molar-refractivity contribution in [3.05, 3.63) is 77.9 Å². The molecule has 0 unspecified atom stereocenters. The number of ether oxygens (including phenoxy) is 3. The van der Waals surface area contributed by atoms with E-state index in [-0.39, 0.29) is 0 Å². The number of nitrogens with two attached hydrogens (primary N) is 1. The molecule has 0 atom stereocenters. The topological polar surface area (TPSA) is 69.5 Å². The lowest BCUT2D eigenvalue weighted by Crippen LogP contribution is -2.00. The summed E-state index contributed by atoms with van der Waals surface area (Å²) in [5, 5.41) is 1.16. The Morgan fingerprint density at radius 3 is 2.41 bits per heavy atom. The van der Waals surface area contributed by atoms with Crippen LogP contribution in [0, 0.1) is 0 Å². The molecule has 0 bridgehead atoms. The SMILES string of the molecule is COc1ccc(OC)c(-c2[nH]c3ccc(OCc4ccccc4)cc3c2CCCCN)c1. The van der Waals surface area contributed by atoms with Crippen LogP contribution in [-0.4, -0.2) is 25.7 Å². The Hall–Kier alpha value is -3.44. The summed E-state index contributed by atoms with van der Waals surface area (Å²) < 4.78 is 17.2. The molecule has 5 nitrogen and oxygen atoms in total. The zero-order chi connectivity index (χ0) is 22.3. The number of H-pyrrole nitrogens is 1. The van der Waals surface area contributed by atoms with Crippen LogP contribution >= 0.6 is 0 Å². The molecule has 0 radical (unpaired) electrons. The summed E-state index contributed by atoms with van der Waals surface area (Å²) in [6.07, 6.45) is 2.90. The fraction of sp³-hybridized carbons (Fsp3) is 0.259. The van der Waals surface area contributed by atoms with Gasteiger partial charge in [-0.05, 0) is 73.3 Å². The summed E-state index contributed by atoms with van der Waals surface area (Å²) >= 11 is 0. The van der Waals surface area contributed by atoms with Crippen LogP contribution in [-0.2, 0) is 13.0 Å². The van der Waals surface area contributed by atoms with Crippen molar-refractivity contribution in [2.45, 2.75) is 25.9 Å². The molecule has 4 aromatic rings. The fourth-order valence-electron chi connectivity index (χ4n) is 4.00. The van der Waals surface area contributed by atoms with Gasteiger partial charge in [0, 0.05) is 16.5 Å².